The Hall–Kier alpha value is -4.78. The van der Waals surface area contributed by atoms with E-state index < -0.39 is 5.97 Å². The van der Waals surface area contributed by atoms with E-state index >= 15 is 0 Å². The van der Waals surface area contributed by atoms with Crippen LogP contribution >= 0.6 is 0 Å². The van der Waals surface area contributed by atoms with Gasteiger partial charge in [0.1, 0.15) is 0 Å². The average molecular weight is 548 g/mol. The monoisotopic (exact) mass is 547 g/mol. The van der Waals surface area contributed by atoms with Gasteiger partial charge in [-0.05, 0) is 65.8 Å². The Morgan fingerprint density at radius 2 is 1.51 bits per heavy atom. The normalized spacial score (nSPS) is 14.1. The molecule has 0 aliphatic heterocycles. The van der Waals surface area contributed by atoms with Crippen LogP contribution in [0, 0.1) is 0 Å². The lowest BCUT2D eigenvalue weighted by atomic mass is 9.87. The Kier molecular flexibility index (Phi) is 8.84. The Morgan fingerprint density at radius 3 is 2.27 bits per heavy atom. The fourth-order valence-electron chi connectivity index (χ4n) is 5.47. The SMILES string of the molecule is O=C(O)CCN(CCc1ccccn1)C(=O)c1ccccc1-c1ccccc1C(=O)NC1CCCc2ccccc21. The number of aryl methyl sites for hydroxylation is 1. The number of carbonyl (C=O) groups is 3. The topological polar surface area (TPSA) is 99.6 Å². The summed E-state index contributed by atoms with van der Waals surface area (Å²) in [4.78, 5) is 44.9. The predicted molar refractivity (Wildman–Crippen MR) is 158 cm³/mol. The van der Waals surface area contributed by atoms with Crippen LogP contribution in [0.1, 0.15) is 62.8 Å². The molecule has 2 amide bonds. The van der Waals surface area contributed by atoms with Crippen LogP contribution in [0.2, 0.25) is 0 Å². The number of carboxylic acids is 1. The van der Waals surface area contributed by atoms with Crippen LogP contribution in [0.15, 0.2) is 97.2 Å². The third kappa shape index (κ3) is 6.69. The van der Waals surface area contributed by atoms with Crippen molar-refractivity contribution in [1.82, 2.24) is 15.2 Å². The van der Waals surface area contributed by atoms with Crippen LogP contribution < -0.4 is 5.32 Å². The van der Waals surface area contributed by atoms with Gasteiger partial charge < -0.3 is 15.3 Å². The van der Waals surface area contributed by atoms with Crippen LogP contribution in [-0.4, -0.2) is 45.9 Å². The van der Waals surface area contributed by atoms with Gasteiger partial charge in [0.05, 0.1) is 12.5 Å². The molecule has 7 nitrogen and oxygen atoms in total. The van der Waals surface area contributed by atoms with Gasteiger partial charge in [0.25, 0.3) is 11.8 Å². The summed E-state index contributed by atoms with van der Waals surface area (Å²) < 4.78 is 0. The summed E-state index contributed by atoms with van der Waals surface area (Å²) in [5.74, 6) is -1.45. The number of hydrogen-bond acceptors (Lipinski definition) is 4. The van der Waals surface area contributed by atoms with Crippen LogP contribution in [-0.2, 0) is 17.6 Å². The van der Waals surface area contributed by atoms with E-state index in [1.165, 1.54) is 5.56 Å². The van der Waals surface area contributed by atoms with Crippen molar-refractivity contribution < 1.29 is 19.5 Å². The molecule has 0 radical (unpaired) electrons. The molecule has 7 heteroatoms. The quantitative estimate of drug-likeness (QED) is 0.265. The maximum Gasteiger partial charge on any atom is 0.305 e. The van der Waals surface area contributed by atoms with Crippen molar-refractivity contribution in [3.63, 3.8) is 0 Å². The Morgan fingerprint density at radius 1 is 0.829 bits per heavy atom. The number of carboxylic acid groups (broad SMARTS) is 1. The molecule has 0 saturated heterocycles. The number of benzene rings is 3. The standard InChI is InChI=1S/C34H33N3O4/c38-32(39)20-23-37(22-19-25-12-7-8-21-35-25)34(41)30-17-6-4-15-28(30)27-14-3-5-16-29(27)33(40)36-31-18-9-11-24-10-1-2-13-26(24)31/h1-8,10,12-17,21,31H,9,11,18-20,22-23H2,(H,36,40)(H,38,39). The minimum Gasteiger partial charge on any atom is -0.481 e. The zero-order valence-electron chi connectivity index (χ0n) is 22.8. The summed E-state index contributed by atoms with van der Waals surface area (Å²) in [7, 11) is 0. The Labute approximate surface area is 239 Å². The lowest BCUT2D eigenvalue weighted by Crippen LogP contribution is -2.35. The molecule has 0 saturated carbocycles. The summed E-state index contributed by atoms with van der Waals surface area (Å²) >= 11 is 0. The zero-order chi connectivity index (χ0) is 28.6. The molecule has 208 valence electrons. The van der Waals surface area contributed by atoms with Crippen LogP contribution in [0.25, 0.3) is 11.1 Å². The van der Waals surface area contributed by atoms with E-state index in [0.29, 0.717) is 35.2 Å². The molecular formula is C34H33N3O4. The molecule has 1 unspecified atom stereocenters. The molecule has 3 aromatic carbocycles. The maximum absolute atomic E-state index is 13.9. The fraction of sp³-hybridized carbons (Fsp3) is 0.235. The van der Waals surface area contributed by atoms with E-state index in [4.69, 9.17) is 0 Å². The van der Waals surface area contributed by atoms with Crippen molar-refractivity contribution in [1.29, 1.82) is 0 Å². The van der Waals surface area contributed by atoms with E-state index in [2.05, 4.69) is 22.4 Å². The molecule has 1 heterocycles. The number of hydrogen-bond donors (Lipinski definition) is 2. The summed E-state index contributed by atoms with van der Waals surface area (Å²) in [6.45, 7) is 0.388. The zero-order valence-corrected chi connectivity index (χ0v) is 22.8. The highest BCUT2D eigenvalue weighted by atomic mass is 16.4. The molecule has 1 aliphatic carbocycles. The number of amides is 2. The number of pyridine rings is 1. The van der Waals surface area contributed by atoms with Crippen LogP contribution in [0.3, 0.4) is 0 Å². The van der Waals surface area contributed by atoms with Crippen LogP contribution in [0.5, 0.6) is 0 Å². The second-order valence-corrected chi connectivity index (χ2v) is 10.2. The third-order valence-corrected chi connectivity index (χ3v) is 7.54. The van der Waals surface area contributed by atoms with Crippen molar-refractivity contribution in [2.75, 3.05) is 13.1 Å². The largest absolute Gasteiger partial charge is 0.481 e. The average Bonchev–Trinajstić information content (AvgIpc) is 3.01. The van der Waals surface area contributed by atoms with Gasteiger partial charge in [-0.3, -0.25) is 19.4 Å². The number of nitrogens with zero attached hydrogens (tertiary/aromatic N) is 2. The van der Waals surface area contributed by atoms with Crippen molar-refractivity contribution in [2.45, 2.75) is 38.1 Å². The molecule has 1 aliphatic rings. The molecule has 41 heavy (non-hydrogen) atoms. The van der Waals surface area contributed by atoms with Gasteiger partial charge in [-0.25, -0.2) is 0 Å². The Bertz CT molecular complexity index is 1540. The number of aliphatic carboxylic acids is 1. The third-order valence-electron chi connectivity index (χ3n) is 7.54. The van der Waals surface area contributed by atoms with E-state index in [0.717, 1.165) is 30.5 Å². The van der Waals surface area contributed by atoms with Gasteiger partial charge in [-0.2, -0.15) is 0 Å². The lowest BCUT2D eigenvalue weighted by molar-refractivity contribution is -0.137. The number of nitrogens with one attached hydrogen (secondary N) is 1. The second-order valence-electron chi connectivity index (χ2n) is 10.2. The molecule has 1 aromatic heterocycles. The minimum atomic E-state index is -0.972. The molecule has 5 rings (SSSR count). The molecule has 2 N–H and O–H groups in total. The van der Waals surface area contributed by atoms with Crippen molar-refractivity contribution in [3.05, 3.63) is 125 Å². The number of carbonyl (C=O) groups excluding carboxylic acids is 2. The van der Waals surface area contributed by atoms with E-state index in [1.807, 2.05) is 60.7 Å². The molecule has 1 atom stereocenters. The molecule has 4 aromatic rings. The van der Waals surface area contributed by atoms with Crippen molar-refractivity contribution >= 4 is 17.8 Å². The maximum atomic E-state index is 13.9. The first kappa shape index (κ1) is 27.8. The first-order valence-electron chi connectivity index (χ1n) is 14.0. The molecule has 0 spiro atoms. The number of fused-ring (bicyclic) bond motifs is 1. The first-order valence-corrected chi connectivity index (χ1v) is 14.0. The smallest absolute Gasteiger partial charge is 0.305 e. The summed E-state index contributed by atoms with van der Waals surface area (Å²) in [5.41, 5.74) is 5.43. The molecule has 0 fully saturated rings. The van der Waals surface area contributed by atoms with Gasteiger partial charge >= 0.3 is 5.97 Å². The van der Waals surface area contributed by atoms with E-state index in [1.54, 1.807) is 29.3 Å². The van der Waals surface area contributed by atoms with Gasteiger partial charge in [0, 0.05) is 42.5 Å². The summed E-state index contributed by atoms with van der Waals surface area (Å²) in [6.07, 6.45) is 4.91. The van der Waals surface area contributed by atoms with Crippen molar-refractivity contribution in [2.24, 2.45) is 0 Å². The first-order chi connectivity index (χ1) is 20.0. The van der Waals surface area contributed by atoms with Gasteiger partial charge in [0.15, 0.2) is 0 Å². The Balaban J connectivity index is 1.43. The number of aromatic nitrogens is 1. The molecule has 0 bridgehead atoms. The lowest BCUT2D eigenvalue weighted by Gasteiger charge is -2.27. The predicted octanol–water partition coefficient (Wildman–Crippen LogP) is 5.72. The highest BCUT2D eigenvalue weighted by Crippen LogP contribution is 2.32. The highest BCUT2D eigenvalue weighted by Gasteiger charge is 2.25. The summed E-state index contributed by atoms with van der Waals surface area (Å²) in [5, 5.41) is 12.6. The fourth-order valence-corrected chi connectivity index (χ4v) is 5.47. The van der Waals surface area contributed by atoms with Gasteiger partial charge in [-0.15, -0.1) is 0 Å². The highest BCUT2D eigenvalue weighted by molar-refractivity contribution is 6.06. The molecular weight excluding hydrogens is 514 g/mol. The van der Waals surface area contributed by atoms with E-state index in [-0.39, 0.29) is 30.8 Å². The number of rotatable bonds is 10. The van der Waals surface area contributed by atoms with Crippen LogP contribution in [0.4, 0.5) is 0 Å². The van der Waals surface area contributed by atoms with Crippen molar-refractivity contribution in [3.8, 4) is 11.1 Å². The minimum absolute atomic E-state index is 0.0680. The van der Waals surface area contributed by atoms with E-state index in [9.17, 15) is 19.5 Å². The van der Waals surface area contributed by atoms with Gasteiger partial charge in [0.2, 0.25) is 0 Å². The van der Waals surface area contributed by atoms with Gasteiger partial charge in [-0.1, -0.05) is 66.7 Å². The summed E-state index contributed by atoms with van der Waals surface area (Å²) in [6, 6.07) is 28.3. The second kappa shape index (κ2) is 13.0.